The first kappa shape index (κ1) is 22.6. The highest BCUT2D eigenvalue weighted by atomic mass is 35.5. The van der Waals surface area contributed by atoms with Gasteiger partial charge < -0.3 is 14.4 Å². The van der Waals surface area contributed by atoms with Gasteiger partial charge in [0.05, 0.1) is 43.3 Å². The van der Waals surface area contributed by atoms with Gasteiger partial charge >= 0.3 is 0 Å². The van der Waals surface area contributed by atoms with Crippen LogP contribution in [0.3, 0.4) is 0 Å². The Kier molecular flexibility index (Phi) is 6.20. The summed E-state index contributed by atoms with van der Waals surface area (Å²) >= 11 is 6.01. The minimum atomic E-state index is 0.451. The third-order valence-corrected chi connectivity index (χ3v) is 5.84. The normalized spacial score (nSPS) is 11.0. The molecule has 8 nitrogen and oxygen atoms in total. The molecule has 0 atom stereocenters. The smallest absolute Gasteiger partial charge is 0.129 e. The van der Waals surface area contributed by atoms with Crippen LogP contribution >= 0.6 is 11.6 Å². The fraction of sp³-hybridized carbons (Fsp3) is 0.154. The van der Waals surface area contributed by atoms with Crippen LogP contribution in [0.5, 0.6) is 11.5 Å². The first-order valence-electron chi connectivity index (χ1n) is 10.9. The van der Waals surface area contributed by atoms with Crippen molar-refractivity contribution >= 4 is 34.0 Å². The van der Waals surface area contributed by atoms with Gasteiger partial charge in [0.2, 0.25) is 0 Å². The lowest BCUT2D eigenvalue weighted by Gasteiger charge is -2.26. The van der Waals surface area contributed by atoms with Gasteiger partial charge in [0.1, 0.15) is 16.7 Å². The summed E-state index contributed by atoms with van der Waals surface area (Å²) in [6.07, 6.45) is 7.24. The number of rotatable bonds is 7. The molecule has 2 aromatic carbocycles. The summed E-state index contributed by atoms with van der Waals surface area (Å²) < 4.78 is 12.8. The molecular formula is C26H23ClN6O2. The van der Waals surface area contributed by atoms with E-state index in [4.69, 9.17) is 26.1 Å². The number of hydrogen-bond acceptors (Lipinski definition) is 7. The van der Waals surface area contributed by atoms with Crippen molar-refractivity contribution in [1.82, 2.24) is 24.7 Å². The van der Waals surface area contributed by atoms with Crippen LogP contribution in [0.4, 0.5) is 11.4 Å². The zero-order chi connectivity index (χ0) is 24.4. The molecule has 9 heteroatoms. The Balaban J connectivity index is 1.62. The number of fused-ring (bicyclic) bond motifs is 1. The topological polar surface area (TPSA) is 78.2 Å². The minimum absolute atomic E-state index is 0.451. The first-order valence-corrected chi connectivity index (χ1v) is 11.3. The minimum Gasteiger partial charge on any atom is -0.497 e. The molecule has 0 fully saturated rings. The molecule has 0 saturated carbocycles. The third-order valence-electron chi connectivity index (χ3n) is 5.62. The van der Waals surface area contributed by atoms with Gasteiger partial charge in [-0.1, -0.05) is 17.7 Å². The molecule has 3 heterocycles. The van der Waals surface area contributed by atoms with Gasteiger partial charge in [-0.3, -0.25) is 9.67 Å². The van der Waals surface area contributed by atoms with E-state index in [9.17, 15) is 0 Å². The lowest BCUT2D eigenvalue weighted by molar-refractivity contribution is 0.394. The van der Waals surface area contributed by atoms with E-state index in [-0.39, 0.29) is 0 Å². The largest absolute Gasteiger partial charge is 0.497 e. The molecule has 3 aromatic heterocycles. The van der Waals surface area contributed by atoms with Crippen LogP contribution in [0.25, 0.3) is 22.3 Å². The number of benzene rings is 2. The van der Waals surface area contributed by atoms with Crippen LogP contribution in [0.2, 0.25) is 5.15 Å². The molecule has 35 heavy (non-hydrogen) atoms. The molecule has 176 valence electrons. The Morgan fingerprint density at radius 1 is 0.857 bits per heavy atom. The molecule has 0 bridgehead atoms. The average molecular weight is 487 g/mol. The van der Waals surface area contributed by atoms with Crippen molar-refractivity contribution in [3.63, 3.8) is 0 Å². The average Bonchev–Trinajstić information content (AvgIpc) is 3.33. The van der Waals surface area contributed by atoms with Crippen molar-refractivity contribution in [2.75, 3.05) is 19.1 Å². The summed E-state index contributed by atoms with van der Waals surface area (Å²) in [7, 11) is 5.15. The number of ether oxygens (including phenoxy) is 2. The number of halogens is 1. The van der Waals surface area contributed by atoms with Gasteiger partial charge in [-0.2, -0.15) is 5.10 Å². The quantitative estimate of drug-likeness (QED) is 0.284. The van der Waals surface area contributed by atoms with Crippen molar-refractivity contribution in [1.29, 1.82) is 0 Å². The van der Waals surface area contributed by atoms with Gasteiger partial charge in [-0.05, 0) is 29.8 Å². The summed E-state index contributed by atoms with van der Waals surface area (Å²) in [5.41, 5.74) is 6.07. The Morgan fingerprint density at radius 3 is 2.31 bits per heavy atom. The monoisotopic (exact) mass is 486 g/mol. The Morgan fingerprint density at radius 2 is 1.66 bits per heavy atom. The van der Waals surface area contributed by atoms with Crippen LogP contribution in [0, 0.1) is 0 Å². The molecule has 5 aromatic rings. The highest BCUT2D eigenvalue weighted by Crippen LogP contribution is 2.35. The van der Waals surface area contributed by atoms with E-state index in [1.54, 1.807) is 43.6 Å². The molecule has 0 saturated heterocycles. The molecule has 0 aliphatic rings. The van der Waals surface area contributed by atoms with Crippen molar-refractivity contribution < 1.29 is 9.47 Å². The second-order valence-corrected chi connectivity index (χ2v) is 8.36. The van der Waals surface area contributed by atoms with E-state index in [0.29, 0.717) is 23.2 Å². The molecule has 0 N–H and O–H groups in total. The first-order chi connectivity index (χ1) is 17.0. The summed E-state index contributed by atoms with van der Waals surface area (Å²) in [5, 5.41) is 4.70. The van der Waals surface area contributed by atoms with Gasteiger partial charge in [0, 0.05) is 61.1 Å². The molecular weight excluding hydrogens is 464 g/mol. The SMILES string of the molecule is COc1cc(OC)cc(N(Cc2ccc(Cl)nc2)c2ccc3ncc(-c4cnn(C)c4)nc3c2)c1. The van der Waals surface area contributed by atoms with Crippen molar-refractivity contribution in [3.05, 3.63) is 84.0 Å². The number of nitrogens with zero attached hydrogens (tertiary/aromatic N) is 6. The lowest BCUT2D eigenvalue weighted by Crippen LogP contribution is -2.17. The van der Waals surface area contributed by atoms with Crippen molar-refractivity contribution in [2.45, 2.75) is 6.54 Å². The summed E-state index contributed by atoms with van der Waals surface area (Å²) in [6.45, 7) is 0.543. The van der Waals surface area contributed by atoms with Crippen molar-refractivity contribution in [3.8, 4) is 22.8 Å². The lowest BCUT2D eigenvalue weighted by atomic mass is 10.1. The number of methoxy groups -OCH3 is 2. The van der Waals surface area contributed by atoms with Crippen LogP contribution in [-0.4, -0.2) is 39.0 Å². The summed E-state index contributed by atoms with van der Waals surface area (Å²) in [6, 6.07) is 15.5. The molecule has 0 unspecified atom stereocenters. The van der Waals surface area contributed by atoms with E-state index < -0.39 is 0 Å². The maximum absolute atomic E-state index is 6.01. The second-order valence-electron chi connectivity index (χ2n) is 7.98. The van der Waals surface area contributed by atoms with Crippen molar-refractivity contribution in [2.24, 2.45) is 7.05 Å². The Labute approximate surface area is 207 Å². The van der Waals surface area contributed by atoms with Crippen LogP contribution in [0.15, 0.2) is 73.3 Å². The zero-order valence-electron chi connectivity index (χ0n) is 19.5. The van der Waals surface area contributed by atoms with Gasteiger partial charge in [-0.25, -0.2) is 9.97 Å². The number of aryl methyl sites for hydroxylation is 1. The zero-order valence-corrected chi connectivity index (χ0v) is 20.3. The van der Waals surface area contributed by atoms with E-state index in [0.717, 1.165) is 39.2 Å². The van der Waals surface area contributed by atoms with Crippen LogP contribution in [0.1, 0.15) is 5.56 Å². The fourth-order valence-electron chi connectivity index (χ4n) is 3.82. The highest BCUT2D eigenvalue weighted by Gasteiger charge is 2.15. The maximum Gasteiger partial charge on any atom is 0.129 e. The molecule has 0 spiro atoms. The Hall–Kier alpha value is -4.17. The third kappa shape index (κ3) is 4.88. The molecule has 0 aliphatic heterocycles. The fourth-order valence-corrected chi connectivity index (χ4v) is 3.93. The number of pyridine rings is 1. The summed E-state index contributed by atoms with van der Waals surface area (Å²) in [5.74, 6) is 1.39. The molecule has 0 amide bonds. The van der Waals surface area contributed by atoms with E-state index in [1.807, 2.05) is 55.7 Å². The van der Waals surface area contributed by atoms with Crippen LogP contribution in [-0.2, 0) is 13.6 Å². The van der Waals surface area contributed by atoms with Gasteiger partial charge in [0.15, 0.2) is 0 Å². The van der Waals surface area contributed by atoms with Gasteiger partial charge in [-0.15, -0.1) is 0 Å². The van der Waals surface area contributed by atoms with E-state index in [2.05, 4.69) is 20.0 Å². The molecule has 5 rings (SSSR count). The number of aromatic nitrogens is 5. The van der Waals surface area contributed by atoms with Crippen LogP contribution < -0.4 is 14.4 Å². The highest BCUT2D eigenvalue weighted by molar-refractivity contribution is 6.29. The van der Waals surface area contributed by atoms with E-state index in [1.165, 1.54) is 0 Å². The number of anilines is 2. The predicted molar refractivity (Wildman–Crippen MR) is 136 cm³/mol. The predicted octanol–water partition coefficient (Wildman–Crippen LogP) is 5.43. The standard InChI is InChI=1S/C26H23ClN6O2/c1-32-16-18(13-30-32)25-14-28-23-6-5-19(10-24(23)31-25)33(15-17-4-7-26(27)29-12-17)20-8-21(34-2)11-22(9-20)35-3/h4-14,16H,15H2,1-3H3. The summed E-state index contributed by atoms with van der Waals surface area (Å²) in [4.78, 5) is 15.9. The molecule has 0 radical (unpaired) electrons. The van der Waals surface area contributed by atoms with E-state index >= 15 is 0 Å². The molecule has 0 aliphatic carbocycles. The Bertz CT molecular complexity index is 1460. The van der Waals surface area contributed by atoms with Gasteiger partial charge in [0.25, 0.3) is 0 Å². The maximum atomic E-state index is 6.01. The second kappa shape index (κ2) is 9.60. The number of hydrogen-bond donors (Lipinski definition) is 0.